The Morgan fingerprint density at radius 2 is 2.12 bits per heavy atom. The van der Waals surface area contributed by atoms with Gasteiger partial charge in [0.15, 0.2) is 0 Å². The van der Waals surface area contributed by atoms with Gasteiger partial charge in [0, 0.05) is 29.2 Å². The molecule has 1 amide bonds. The lowest BCUT2D eigenvalue weighted by Crippen LogP contribution is -2.25. The minimum atomic E-state index is -0.510. The molecule has 140 valence electrons. The molecule has 1 aliphatic rings. The summed E-state index contributed by atoms with van der Waals surface area (Å²) in [5.41, 5.74) is 10.8. The second-order valence-corrected chi connectivity index (χ2v) is 6.20. The number of hydrogen-bond donors (Lipinski definition) is 2. The van der Waals surface area contributed by atoms with Gasteiger partial charge in [-0.15, -0.1) is 16.9 Å². The average Bonchev–Trinajstić information content (AvgIpc) is 3.12. The molecule has 1 aromatic carbocycles. The molecule has 2 aromatic rings. The molecular formula is C17H22ClFN6O. The van der Waals surface area contributed by atoms with Gasteiger partial charge in [-0.1, -0.05) is 23.4 Å². The normalized spacial score (nSPS) is 14.5. The van der Waals surface area contributed by atoms with E-state index in [1.54, 1.807) is 6.20 Å². The van der Waals surface area contributed by atoms with Crippen molar-refractivity contribution in [1.29, 1.82) is 0 Å². The lowest BCUT2D eigenvalue weighted by atomic mass is 10.0. The summed E-state index contributed by atoms with van der Waals surface area (Å²) >= 11 is 0. The van der Waals surface area contributed by atoms with E-state index in [0.29, 0.717) is 23.0 Å². The third kappa shape index (κ3) is 4.21. The van der Waals surface area contributed by atoms with Crippen LogP contribution in [0.15, 0.2) is 42.4 Å². The maximum Gasteiger partial charge on any atom is 0.223 e. The zero-order chi connectivity index (χ0) is 18.0. The molecule has 0 aliphatic carbocycles. The lowest BCUT2D eigenvalue weighted by Gasteiger charge is -2.16. The molecule has 2 heterocycles. The number of rotatable bonds is 6. The second kappa shape index (κ2) is 8.31. The molecule has 1 aliphatic heterocycles. The van der Waals surface area contributed by atoms with Crippen molar-refractivity contribution in [3.8, 4) is 5.69 Å². The Morgan fingerprint density at radius 1 is 1.38 bits per heavy atom. The molecule has 0 atom stereocenters. The van der Waals surface area contributed by atoms with Crippen LogP contribution in [0.3, 0.4) is 0 Å². The molecular weight excluding hydrogens is 359 g/mol. The predicted octanol–water partition coefficient (Wildman–Crippen LogP) is 1.65. The Bertz CT molecular complexity index is 819. The van der Waals surface area contributed by atoms with E-state index in [2.05, 4.69) is 10.4 Å². The van der Waals surface area contributed by atoms with Gasteiger partial charge in [0.1, 0.15) is 5.82 Å². The second-order valence-electron chi connectivity index (χ2n) is 6.20. The van der Waals surface area contributed by atoms with E-state index in [9.17, 15) is 9.28 Å². The average molecular weight is 381 g/mol. The molecule has 0 saturated heterocycles. The van der Waals surface area contributed by atoms with E-state index in [4.69, 9.17) is 5.73 Å². The number of nitrogens with zero attached hydrogens (tertiary/aromatic N) is 4. The molecule has 0 fully saturated rings. The number of imidazole rings is 1. The van der Waals surface area contributed by atoms with Gasteiger partial charge < -0.3 is 15.2 Å². The number of primary amides is 1. The van der Waals surface area contributed by atoms with Gasteiger partial charge in [0.2, 0.25) is 5.91 Å². The first-order valence-corrected chi connectivity index (χ1v) is 7.92. The quantitative estimate of drug-likeness (QED) is 0.745. The van der Waals surface area contributed by atoms with Crippen LogP contribution in [-0.2, 0) is 11.3 Å². The number of aromatic nitrogens is 2. The summed E-state index contributed by atoms with van der Waals surface area (Å²) in [5, 5.41) is 0.457. The number of nitrogens with two attached hydrogens (primary N) is 1. The number of carbonyl (C=O) groups excluding carboxylic acids is 1. The van der Waals surface area contributed by atoms with Crippen LogP contribution in [0.1, 0.15) is 17.8 Å². The van der Waals surface area contributed by atoms with Crippen molar-refractivity contribution >= 4 is 23.9 Å². The summed E-state index contributed by atoms with van der Waals surface area (Å²) in [6, 6.07) is 7.66. The van der Waals surface area contributed by atoms with Crippen molar-refractivity contribution in [3.05, 3.63) is 53.7 Å². The van der Waals surface area contributed by atoms with Crippen LogP contribution < -0.4 is 11.2 Å². The zero-order valence-corrected chi connectivity index (χ0v) is 15.5. The Morgan fingerprint density at radius 3 is 2.81 bits per heavy atom. The number of hydrogen-bond acceptors (Lipinski definition) is 5. The van der Waals surface area contributed by atoms with Gasteiger partial charge in [0.25, 0.3) is 0 Å². The Balaban J connectivity index is 0.00000243. The summed E-state index contributed by atoms with van der Waals surface area (Å²) in [6.45, 7) is 0.708. The summed E-state index contributed by atoms with van der Waals surface area (Å²) in [4.78, 5) is 17.8. The van der Waals surface area contributed by atoms with Crippen LogP contribution in [0, 0.1) is 0 Å². The van der Waals surface area contributed by atoms with E-state index < -0.39 is 5.91 Å². The first-order valence-electron chi connectivity index (χ1n) is 7.92. The maximum atomic E-state index is 13.8. The van der Waals surface area contributed by atoms with Crippen molar-refractivity contribution in [2.24, 2.45) is 5.73 Å². The fourth-order valence-electron chi connectivity index (χ4n) is 2.95. The van der Waals surface area contributed by atoms with Gasteiger partial charge in [-0.2, -0.15) is 0 Å². The molecule has 0 saturated carbocycles. The van der Waals surface area contributed by atoms with Crippen molar-refractivity contribution in [3.63, 3.8) is 0 Å². The fourth-order valence-corrected chi connectivity index (χ4v) is 2.95. The molecule has 1 aromatic heterocycles. The standard InChI is InChI=1S/C17H21FN6O.ClH/c1-22(2)11-17-20-7-8-23(17)15-6-4-3-5-12(15)13-10-24(18)21-14(13)9-16(19)25;/h3-8,21H,9-11H2,1-2H3,(H2,19,25);1H. The molecule has 9 heteroatoms. The predicted molar refractivity (Wildman–Crippen MR) is 99.9 cm³/mol. The Labute approximate surface area is 157 Å². The van der Waals surface area contributed by atoms with Gasteiger partial charge in [-0.25, -0.2) is 4.98 Å². The van der Waals surface area contributed by atoms with Crippen LogP contribution >= 0.6 is 12.4 Å². The number of nitrogens with one attached hydrogen (secondary N) is 1. The van der Waals surface area contributed by atoms with Crippen LogP contribution in [0.2, 0.25) is 0 Å². The number of halogens is 2. The molecule has 26 heavy (non-hydrogen) atoms. The molecule has 0 spiro atoms. The summed E-state index contributed by atoms with van der Waals surface area (Å²) in [5.74, 6) is 0.362. The van der Waals surface area contributed by atoms with Crippen LogP contribution in [0.5, 0.6) is 0 Å². The Hall–Kier alpha value is -2.42. The van der Waals surface area contributed by atoms with E-state index in [-0.39, 0.29) is 25.4 Å². The number of benzene rings is 1. The molecule has 0 bridgehead atoms. The molecule has 0 radical (unpaired) electrons. The topological polar surface area (TPSA) is 79.4 Å². The van der Waals surface area contributed by atoms with Crippen molar-refractivity contribution in [1.82, 2.24) is 25.1 Å². The number of amides is 1. The fraction of sp³-hybridized carbons (Fsp3) is 0.294. The number of para-hydroxylation sites is 1. The SMILES string of the molecule is CN(C)Cc1nccn1-c1ccccc1C1=C(CC(N)=O)NN(F)C1.Cl. The van der Waals surface area contributed by atoms with Gasteiger partial charge in [-0.05, 0) is 20.2 Å². The van der Waals surface area contributed by atoms with Crippen molar-refractivity contribution in [2.75, 3.05) is 20.6 Å². The van der Waals surface area contributed by atoms with Crippen molar-refractivity contribution in [2.45, 2.75) is 13.0 Å². The van der Waals surface area contributed by atoms with Crippen LogP contribution in [0.25, 0.3) is 11.3 Å². The first-order chi connectivity index (χ1) is 12.0. The lowest BCUT2D eigenvalue weighted by molar-refractivity contribution is -0.117. The molecule has 7 nitrogen and oxygen atoms in total. The van der Waals surface area contributed by atoms with E-state index in [1.807, 2.05) is 54.0 Å². The summed E-state index contributed by atoms with van der Waals surface area (Å²) in [6.07, 6.45) is 3.57. The van der Waals surface area contributed by atoms with Gasteiger partial charge >= 0.3 is 0 Å². The largest absolute Gasteiger partial charge is 0.369 e. The zero-order valence-electron chi connectivity index (χ0n) is 14.6. The highest BCUT2D eigenvalue weighted by molar-refractivity contribution is 5.85. The number of hydrazine groups is 1. The summed E-state index contributed by atoms with van der Waals surface area (Å²) in [7, 11) is 3.95. The highest BCUT2D eigenvalue weighted by atomic mass is 35.5. The minimum Gasteiger partial charge on any atom is -0.369 e. The van der Waals surface area contributed by atoms with Crippen LogP contribution in [-0.4, -0.2) is 46.2 Å². The third-order valence-electron chi connectivity index (χ3n) is 3.93. The van der Waals surface area contributed by atoms with E-state index in [1.165, 1.54) is 0 Å². The monoisotopic (exact) mass is 380 g/mol. The van der Waals surface area contributed by atoms with Crippen LogP contribution in [0.4, 0.5) is 4.48 Å². The minimum absolute atomic E-state index is 0. The smallest absolute Gasteiger partial charge is 0.223 e. The first kappa shape index (κ1) is 19.9. The third-order valence-corrected chi connectivity index (χ3v) is 3.93. The molecule has 3 rings (SSSR count). The summed E-state index contributed by atoms with van der Waals surface area (Å²) < 4.78 is 15.8. The highest BCUT2D eigenvalue weighted by Crippen LogP contribution is 2.30. The number of carbonyl (C=O) groups is 1. The Kier molecular flexibility index (Phi) is 6.36. The van der Waals surface area contributed by atoms with E-state index >= 15 is 0 Å². The molecule has 0 unspecified atom stereocenters. The molecule has 3 N–H and O–H groups in total. The highest BCUT2D eigenvalue weighted by Gasteiger charge is 2.25. The maximum absolute atomic E-state index is 13.8. The van der Waals surface area contributed by atoms with Crippen molar-refractivity contribution < 1.29 is 9.28 Å². The van der Waals surface area contributed by atoms with E-state index in [0.717, 1.165) is 17.1 Å². The van der Waals surface area contributed by atoms with Gasteiger partial charge in [-0.3, -0.25) is 10.2 Å². The van der Waals surface area contributed by atoms with Gasteiger partial charge in [0.05, 0.1) is 25.2 Å².